The summed E-state index contributed by atoms with van der Waals surface area (Å²) in [5.74, 6) is 0.568. The molecule has 0 aromatic heterocycles. The summed E-state index contributed by atoms with van der Waals surface area (Å²) in [7, 11) is 1.57. The molecule has 28 heavy (non-hydrogen) atoms. The summed E-state index contributed by atoms with van der Waals surface area (Å²) in [6, 6.07) is 12.7. The summed E-state index contributed by atoms with van der Waals surface area (Å²) in [6.07, 6.45) is 0. The van der Waals surface area contributed by atoms with Crippen LogP contribution in [0.4, 0.5) is 0 Å². The lowest BCUT2D eigenvalue weighted by Crippen LogP contribution is -2.47. The fraction of sp³-hybridized carbons (Fsp3) is 0.333. The van der Waals surface area contributed by atoms with Gasteiger partial charge in [-0.15, -0.1) is 11.8 Å². The molecule has 0 saturated heterocycles. The van der Waals surface area contributed by atoms with Crippen molar-refractivity contribution in [2.24, 2.45) is 0 Å². The average Bonchev–Trinajstić information content (AvgIpc) is 2.67. The molecule has 2 aromatic carbocycles. The molecule has 0 unspecified atom stereocenters. The van der Waals surface area contributed by atoms with Crippen molar-refractivity contribution < 1.29 is 9.59 Å². The van der Waals surface area contributed by atoms with Crippen LogP contribution in [-0.2, 0) is 21.9 Å². The standard InChI is InChI=1S/C21H24Cl2N2O2S/c1-14-4-6-16(7-5-14)11-25(15(2)21(27)24-3)20(26)13-28-12-17-8-9-18(22)10-19(17)23/h4-10,15H,11-13H2,1-3H3,(H,24,27)/t15-/m1/s1. The van der Waals surface area contributed by atoms with E-state index in [-0.39, 0.29) is 17.6 Å². The van der Waals surface area contributed by atoms with Crippen LogP contribution in [-0.4, -0.2) is 35.6 Å². The van der Waals surface area contributed by atoms with Crippen LogP contribution in [0.25, 0.3) is 0 Å². The van der Waals surface area contributed by atoms with Crippen molar-refractivity contribution in [3.05, 3.63) is 69.2 Å². The van der Waals surface area contributed by atoms with Crippen LogP contribution in [0.2, 0.25) is 10.0 Å². The van der Waals surface area contributed by atoms with E-state index < -0.39 is 6.04 Å². The van der Waals surface area contributed by atoms with Crippen LogP contribution in [0, 0.1) is 6.92 Å². The Morgan fingerprint density at radius 3 is 2.43 bits per heavy atom. The fourth-order valence-corrected chi connectivity index (χ4v) is 4.12. The van der Waals surface area contributed by atoms with Gasteiger partial charge in [0.05, 0.1) is 5.75 Å². The third-order valence-electron chi connectivity index (χ3n) is 4.39. The molecule has 1 atom stereocenters. The number of carbonyl (C=O) groups is 2. The molecular weight excluding hydrogens is 415 g/mol. The third-order valence-corrected chi connectivity index (χ3v) is 5.94. The second-order valence-corrected chi connectivity index (χ2v) is 8.36. The van der Waals surface area contributed by atoms with Gasteiger partial charge in [0.2, 0.25) is 11.8 Å². The number of likely N-dealkylation sites (N-methyl/N-ethyl adjacent to an activating group) is 1. The summed E-state index contributed by atoms with van der Waals surface area (Å²) in [4.78, 5) is 26.6. The number of halogens is 2. The summed E-state index contributed by atoms with van der Waals surface area (Å²) in [5.41, 5.74) is 3.06. The Balaban J connectivity index is 2.05. The molecule has 150 valence electrons. The highest BCUT2D eigenvalue weighted by molar-refractivity contribution is 7.99. The van der Waals surface area contributed by atoms with Crippen LogP contribution in [0.3, 0.4) is 0 Å². The van der Waals surface area contributed by atoms with E-state index in [1.807, 2.05) is 37.3 Å². The van der Waals surface area contributed by atoms with E-state index in [0.717, 1.165) is 16.7 Å². The molecule has 4 nitrogen and oxygen atoms in total. The van der Waals surface area contributed by atoms with Gasteiger partial charge in [0.25, 0.3) is 0 Å². The van der Waals surface area contributed by atoms with E-state index in [2.05, 4.69) is 5.32 Å². The first-order valence-corrected chi connectivity index (χ1v) is 10.8. The molecule has 0 heterocycles. The molecule has 0 saturated carbocycles. The van der Waals surface area contributed by atoms with Gasteiger partial charge in [-0.05, 0) is 37.1 Å². The van der Waals surface area contributed by atoms with Crippen LogP contribution in [0.1, 0.15) is 23.6 Å². The Morgan fingerprint density at radius 2 is 1.82 bits per heavy atom. The van der Waals surface area contributed by atoms with Gasteiger partial charge in [0.1, 0.15) is 6.04 Å². The first kappa shape index (κ1) is 22.6. The molecule has 2 amide bonds. The number of amides is 2. The highest BCUT2D eigenvalue weighted by Crippen LogP contribution is 2.25. The van der Waals surface area contributed by atoms with Crippen LogP contribution in [0.15, 0.2) is 42.5 Å². The Labute approximate surface area is 180 Å². The lowest BCUT2D eigenvalue weighted by molar-refractivity contribution is -0.138. The second-order valence-electron chi connectivity index (χ2n) is 6.53. The molecule has 0 aliphatic rings. The molecule has 2 aromatic rings. The highest BCUT2D eigenvalue weighted by atomic mass is 35.5. The van der Waals surface area contributed by atoms with Gasteiger partial charge in [0.15, 0.2) is 0 Å². The number of thioether (sulfide) groups is 1. The van der Waals surface area contributed by atoms with Crippen molar-refractivity contribution in [2.75, 3.05) is 12.8 Å². The van der Waals surface area contributed by atoms with Crippen molar-refractivity contribution in [2.45, 2.75) is 32.2 Å². The molecule has 0 radical (unpaired) electrons. The Hall–Kier alpha value is -1.69. The van der Waals surface area contributed by atoms with E-state index in [1.165, 1.54) is 11.8 Å². The van der Waals surface area contributed by atoms with Crippen molar-refractivity contribution in [1.29, 1.82) is 0 Å². The number of hydrogen-bond acceptors (Lipinski definition) is 3. The average molecular weight is 439 g/mol. The van der Waals surface area contributed by atoms with Crippen molar-refractivity contribution in [3.63, 3.8) is 0 Å². The predicted octanol–water partition coefficient (Wildman–Crippen LogP) is 4.70. The smallest absolute Gasteiger partial charge is 0.242 e. The Bertz CT molecular complexity index is 828. The zero-order chi connectivity index (χ0) is 20.7. The topological polar surface area (TPSA) is 49.4 Å². The third kappa shape index (κ3) is 6.43. The van der Waals surface area contributed by atoms with Crippen LogP contribution in [0.5, 0.6) is 0 Å². The van der Waals surface area contributed by atoms with Crippen LogP contribution >= 0.6 is 35.0 Å². The van der Waals surface area contributed by atoms with E-state index >= 15 is 0 Å². The highest BCUT2D eigenvalue weighted by Gasteiger charge is 2.25. The number of nitrogens with one attached hydrogen (secondary N) is 1. The maximum absolute atomic E-state index is 12.9. The fourth-order valence-electron chi connectivity index (χ4n) is 2.65. The molecule has 0 aliphatic heterocycles. The molecule has 2 rings (SSSR count). The summed E-state index contributed by atoms with van der Waals surface area (Å²) in [6.45, 7) is 4.14. The zero-order valence-corrected chi connectivity index (χ0v) is 18.5. The van der Waals surface area contributed by atoms with E-state index in [4.69, 9.17) is 23.2 Å². The molecule has 1 N–H and O–H groups in total. The number of nitrogens with zero attached hydrogens (tertiary/aromatic N) is 1. The number of carbonyl (C=O) groups excluding carboxylic acids is 2. The van der Waals surface area contributed by atoms with Gasteiger partial charge in [0, 0.05) is 29.4 Å². The SMILES string of the molecule is CNC(=O)[C@@H](C)N(Cc1ccc(C)cc1)C(=O)CSCc1ccc(Cl)cc1Cl. The molecular formula is C21H24Cl2N2O2S. The van der Waals surface area contributed by atoms with Gasteiger partial charge < -0.3 is 10.2 Å². The molecule has 0 bridgehead atoms. The van der Waals surface area contributed by atoms with E-state index in [1.54, 1.807) is 31.0 Å². The normalized spacial score (nSPS) is 11.8. The quantitative estimate of drug-likeness (QED) is 0.649. The maximum atomic E-state index is 12.9. The predicted molar refractivity (Wildman–Crippen MR) is 118 cm³/mol. The number of rotatable bonds is 8. The summed E-state index contributed by atoms with van der Waals surface area (Å²) < 4.78 is 0. The Kier molecular flexibility index (Phi) is 8.67. The first-order chi connectivity index (χ1) is 13.3. The van der Waals surface area contributed by atoms with Gasteiger partial charge in [-0.1, -0.05) is 59.1 Å². The lowest BCUT2D eigenvalue weighted by Gasteiger charge is -2.28. The minimum Gasteiger partial charge on any atom is -0.357 e. The molecule has 0 aliphatic carbocycles. The zero-order valence-electron chi connectivity index (χ0n) is 16.2. The summed E-state index contributed by atoms with van der Waals surface area (Å²) in [5, 5.41) is 3.79. The minimum absolute atomic E-state index is 0.0910. The maximum Gasteiger partial charge on any atom is 0.242 e. The molecule has 0 fully saturated rings. The lowest BCUT2D eigenvalue weighted by atomic mass is 10.1. The van der Waals surface area contributed by atoms with Gasteiger partial charge >= 0.3 is 0 Å². The van der Waals surface area contributed by atoms with Gasteiger partial charge in [-0.25, -0.2) is 0 Å². The van der Waals surface area contributed by atoms with Crippen molar-refractivity contribution in [3.8, 4) is 0 Å². The van der Waals surface area contributed by atoms with E-state index in [9.17, 15) is 9.59 Å². The van der Waals surface area contributed by atoms with Crippen LogP contribution < -0.4 is 5.32 Å². The van der Waals surface area contributed by atoms with Gasteiger partial charge in [-0.2, -0.15) is 0 Å². The number of hydrogen-bond donors (Lipinski definition) is 1. The number of benzene rings is 2. The molecule has 0 spiro atoms. The van der Waals surface area contributed by atoms with Crippen molar-refractivity contribution in [1.82, 2.24) is 10.2 Å². The monoisotopic (exact) mass is 438 g/mol. The Morgan fingerprint density at radius 1 is 1.14 bits per heavy atom. The minimum atomic E-state index is -0.557. The first-order valence-electron chi connectivity index (χ1n) is 8.90. The van der Waals surface area contributed by atoms with Crippen molar-refractivity contribution >= 4 is 46.8 Å². The summed E-state index contributed by atoms with van der Waals surface area (Å²) >= 11 is 13.6. The molecule has 7 heteroatoms. The second kappa shape index (κ2) is 10.7. The van der Waals surface area contributed by atoms with E-state index in [0.29, 0.717) is 22.3 Å². The van der Waals surface area contributed by atoms with Gasteiger partial charge in [-0.3, -0.25) is 9.59 Å². The number of aryl methyl sites for hydroxylation is 1. The largest absolute Gasteiger partial charge is 0.357 e.